The molecule has 0 radical (unpaired) electrons. The van der Waals surface area contributed by atoms with Crippen LogP contribution in [0.4, 0.5) is 13.2 Å². The molecule has 8 heteroatoms. The van der Waals surface area contributed by atoms with Crippen molar-refractivity contribution in [3.8, 4) is 0 Å². The molecule has 1 saturated carbocycles. The molecule has 2 atom stereocenters. The number of hydrogen-bond donors (Lipinski definition) is 1. The zero-order valence-electron chi connectivity index (χ0n) is 15.1. The van der Waals surface area contributed by atoms with Gasteiger partial charge >= 0.3 is 6.18 Å². The molecule has 3 aliphatic rings. The summed E-state index contributed by atoms with van der Waals surface area (Å²) in [6.07, 6.45) is 0.249. The Hall–Kier alpha value is -1.31. The van der Waals surface area contributed by atoms with Crippen molar-refractivity contribution in [3.05, 3.63) is 0 Å². The minimum Gasteiger partial charge on any atom is -0.356 e. The molecule has 3 rings (SSSR count). The van der Waals surface area contributed by atoms with Crippen molar-refractivity contribution >= 4 is 11.8 Å². The molecule has 0 aromatic carbocycles. The van der Waals surface area contributed by atoms with Crippen LogP contribution < -0.4 is 5.32 Å². The predicted octanol–water partition coefficient (Wildman–Crippen LogP) is 2.03. The van der Waals surface area contributed by atoms with Crippen molar-refractivity contribution < 1.29 is 22.8 Å². The standard InChI is InChI=1S/C18H28F3N3O2/c19-18(20,21)15-4-2-8-24(11-15)16(25)12-23-7-1-3-14(10-23)17(26)22-9-13-5-6-13/h13-15H,1-12H2,(H,22,26). The van der Waals surface area contributed by atoms with Gasteiger partial charge in [-0.15, -0.1) is 0 Å². The van der Waals surface area contributed by atoms with Crippen molar-refractivity contribution in [1.82, 2.24) is 15.1 Å². The minimum atomic E-state index is -4.24. The molecular formula is C18H28F3N3O2. The van der Waals surface area contributed by atoms with Gasteiger partial charge in [0, 0.05) is 26.2 Å². The van der Waals surface area contributed by atoms with E-state index in [4.69, 9.17) is 0 Å². The van der Waals surface area contributed by atoms with Gasteiger partial charge in [0.2, 0.25) is 11.8 Å². The van der Waals surface area contributed by atoms with Gasteiger partial charge in [0.1, 0.15) is 0 Å². The Morgan fingerprint density at radius 3 is 2.42 bits per heavy atom. The van der Waals surface area contributed by atoms with Crippen molar-refractivity contribution in [1.29, 1.82) is 0 Å². The summed E-state index contributed by atoms with van der Waals surface area (Å²) in [4.78, 5) is 28.0. The lowest BCUT2D eigenvalue weighted by molar-refractivity contribution is -0.188. The fourth-order valence-electron chi connectivity index (χ4n) is 3.89. The fourth-order valence-corrected chi connectivity index (χ4v) is 3.89. The number of alkyl halides is 3. The van der Waals surface area contributed by atoms with Crippen molar-refractivity contribution in [2.24, 2.45) is 17.8 Å². The van der Waals surface area contributed by atoms with E-state index in [9.17, 15) is 22.8 Å². The van der Waals surface area contributed by atoms with E-state index in [0.29, 0.717) is 32.0 Å². The van der Waals surface area contributed by atoms with E-state index >= 15 is 0 Å². The molecule has 2 aliphatic heterocycles. The second-order valence-electron chi connectivity index (χ2n) is 7.98. The topological polar surface area (TPSA) is 52.7 Å². The molecule has 5 nitrogen and oxygen atoms in total. The third-order valence-electron chi connectivity index (χ3n) is 5.73. The average molecular weight is 375 g/mol. The zero-order valence-corrected chi connectivity index (χ0v) is 15.1. The lowest BCUT2D eigenvalue weighted by atomic mass is 9.96. The maximum Gasteiger partial charge on any atom is 0.393 e. The highest BCUT2D eigenvalue weighted by Crippen LogP contribution is 2.33. The van der Waals surface area contributed by atoms with Crippen LogP contribution >= 0.6 is 0 Å². The summed E-state index contributed by atoms with van der Waals surface area (Å²) in [7, 11) is 0. The molecule has 26 heavy (non-hydrogen) atoms. The summed E-state index contributed by atoms with van der Waals surface area (Å²) in [5, 5.41) is 2.99. The fraction of sp³-hybridized carbons (Fsp3) is 0.889. The Morgan fingerprint density at radius 2 is 1.73 bits per heavy atom. The highest BCUT2D eigenvalue weighted by Gasteiger charge is 2.42. The molecule has 2 amide bonds. The van der Waals surface area contributed by atoms with Gasteiger partial charge in [-0.1, -0.05) is 0 Å². The first-order valence-electron chi connectivity index (χ1n) is 9.67. The second kappa shape index (κ2) is 8.15. The number of piperidine rings is 2. The Balaban J connectivity index is 1.46. The van der Waals surface area contributed by atoms with E-state index in [-0.39, 0.29) is 37.2 Å². The molecule has 1 aliphatic carbocycles. The molecule has 0 aromatic rings. The third-order valence-corrected chi connectivity index (χ3v) is 5.73. The number of rotatable bonds is 5. The predicted molar refractivity (Wildman–Crippen MR) is 90.3 cm³/mol. The van der Waals surface area contributed by atoms with Gasteiger partial charge in [0.05, 0.1) is 18.4 Å². The van der Waals surface area contributed by atoms with Crippen LogP contribution in [0, 0.1) is 17.8 Å². The maximum absolute atomic E-state index is 12.9. The number of nitrogens with one attached hydrogen (secondary N) is 1. The Bertz CT molecular complexity index is 522. The quantitative estimate of drug-likeness (QED) is 0.800. The van der Waals surface area contributed by atoms with E-state index in [0.717, 1.165) is 19.4 Å². The van der Waals surface area contributed by atoms with Gasteiger partial charge in [-0.2, -0.15) is 13.2 Å². The van der Waals surface area contributed by atoms with Gasteiger partial charge in [0.25, 0.3) is 0 Å². The minimum absolute atomic E-state index is 0.0455. The van der Waals surface area contributed by atoms with Crippen LogP contribution in [0.3, 0.4) is 0 Å². The summed E-state index contributed by atoms with van der Waals surface area (Å²) in [6.45, 7) is 2.23. The number of amides is 2. The number of halogens is 3. The van der Waals surface area contributed by atoms with Crippen LogP contribution in [0.2, 0.25) is 0 Å². The lowest BCUT2D eigenvalue weighted by Gasteiger charge is -2.36. The van der Waals surface area contributed by atoms with Crippen molar-refractivity contribution in [2.45, 2.75) is 44.7 Å². The second-order valence-corrected chi connectivity index (χ2v) is 7.98. The SMILES string of the molecule is O=C(NCC1CC1)C1CCCN(CC(=O)N2CCCC(C(F)(F)F)C2)C1. The normalized spacial score (nSPS) is 28.0. The van der Waals surface area contributed by atoms with Crippen molar-refractivity contribution in [3.63, 3.8) is 0 Å². The van der Waals surface area contributed by atoms with Crippen LogP contribution in [-0.4, -0.2) is 67.1 Å². The average Bonchev–Trinajstić information content (AvgIpc) is 3.43. The molecule has 3 fully saturated rings. The van der Waals surface area contributed by atoms with Crippen LogP contribution in [0.15, 0.2) is 0 Å². The van der Waals surface area contributed by atoms with Crippen LogP contribution in [-0.2, 0) is 9.59 Å². The highest BCUT2D eigenvalue weighted by atomic mass is 19.4. The summed E-state index contributed by atoms with van der Waals surface area (Å²) in [6, 6.07) is 0. The zero-order chi connectivity index (χ0) is 18.7. The van der Waals surface area contributed by atoms with Gasteiger partial charge in [0.15, 0.2) is 0 Å². The number of likely N-dealkylation sites (tertiary alicyclic amines) is 2. The molecule has 1 N–H and O–H groups in total. The molecule has 148 valence electrons. The monoisotopic (exact) mass is 375 g/mol. The van der Waals surface area contributed by atoms with Gasteiger partial charge in [-0.05, 0) is 51.0 Å². The summed E-state index contributed by atoms with van der Waals surface area (Å²) in [5.41, 5.74) is 0. The van der Waals surface area contributed by atoms with E-state index in [2.05, 4.69) is 5.32 Å². The van der Waals surface area contributed by atoms with E-state index in [1.54, 1.807) is 0 Å². The molecule has 0 aromatic heterocycles. The molecule has 2 saturated heterocycles. The third kappa shape index (κ3) is 5.34. The van der Waals surface area contributed by atoms with E-state index in [1.165, 1.54) is 17.7 Å². The summed E-state index contributed by atoms with van der Waals surface area (Å²) in [5.74, 6) is -1.12. The first kappa shape index (κ1) is 19.5. The Labute approximate surface area is 152 Å². The first-order chi connectivity index (χ1) is 12.3. The number of carbonyl (C=O) groups is 2. The lowest BCUT2D eigenvalue weighted by Crippen LogP contribution is -2.50. The van der Waals surface area contributed by atoms with Gasteiger partial charge in [-0.3, -0.25) is 14.5 Å². The Morgan fingerprint density at radius 1 is 1.00 bits per heavy atom. The highest BCUT2D eigenvalue weighted by molar-refractivity contribution is 5.80. The summed E-state index contributed by atoms with van der Waals surface area (Å²) < 4.78 is 38.8. The van der Waals surface area contributed by atoms with Gasteiger partial charge < -0.3 is 10.2 Å². The molecular weight excluding hydrogens is 347 g/mol. The van der Waals surface area contributed by atoms with Crippen molar-refractivity contribution in [2.75, 3.05) is 39.3 Å². The smallest absolute Gasteiger partial charge is 0.356 e. The van der Waals surface area contributed by atoms with E-state index in [1.807, 2.05) is 4.90 Å². The van der Waals surface area contributed by atoms with Crippen LogP contribution in [0.5, 0.6) is 0 Å². The first-order valence-corrected chi connectivity index (χ1v) is 9.67. The maximum atomic E-state index is 12.9. The number of nitrogens with zero attached hydrogens (tertiary/aromatic N) is 2. The molecule has 2 unspecified atom stereocenters. The molecule has 2 heterocycles. The molecule has 0 bridgehead atoms. The van der Waals surface area contributed by atoms with Crippen LogP contribution in [0.25, 0.3) is 0 Å². The molecule has 0 spiro atoms. The summed E-state index contributed by atoms with van der Waals surface area (Å²) >= 11 is 0. The van der Waals surface area contributed by atoms with E-state index < -0.39 is 12.1 Å². The number of hydrogen-bond acceptors (Lipinski definition) is 3. The van der Waals surface area contributed by atoms with Crippen LogP contribution in [0.1, 0.15) is 38.5 Å². The van der Waals surface area contributed by atoms with Gasteiger partial charge in [-0.25, -0.2) is 0 Å². The Kier molecular flexibility index (Phi) is 6.10. The number of carbonyl (C=O) groups excluding carboxylic acids is 2. The largest absolute Gasteiger partial charge is 0.393 e.